The summed E-state index contributed by atoms with van der Waals surface area (Å²) in [6.07, 6.45) is 2.46. The second-order valence-corrected chi connectivity index (χ2v) is 11.4. The number of pyridine rings is 1. The van der Waals surface area contributed by atoms with E-state index in [0.717, 1.165) is 0 Å². The molecule has 0 bridgehead atoms. The first-order chi connectivity index (χ1) is 21.3. The van der Waals surface area contributed by atoms with Gasteiger partial charge in [-0.15, -0.1) is 0 Å². The molecule has 0 aliphatic heterocycles. The van der Waals surface area contributed by atoms with Gasteiger partial charge in [0.1, 0.15) is 5.75 Å². The van der Waals surface area contributed by atoms with Gasteiger partial charge < -0.3 is 20.6 Å². The number of aromatic nitrogens is 1. The van der Waals surface area contributed by atoms with E-state index in [4.69, 9.17) is 39.5 Å². The van der Waals surface area contributed by atoms with Gasteiger partial charge in [0.2, 0.25) is 0 Å². The Kier molecular flexibility index (Phi) is 10.3. The van der Waals surface area contributed by atoms with Crippen molar-refractivity contribution in [2.45, 2.75) is 19.4 Å². The summed E-state index contributed by atoms with van der Waals surface area (Å²) in [4.78, 5) is 38.4. The van der Waals surface area contributed by atoms with Crippen LogP contribution in [0.4, 0.5) is 5.69 Å². The number of rotatable bonds is 8. The standard InChI is InChI=1S/C33H23Cl3N4O5/c1-33(2,39-32(43)22-8-11-40(44)12-9-22)10-7-20-3-5-28(27(36)15-20)38-30(41)19-45-29-6-4-24(34)17-26(29)31(42)23-13-21(18-37)14-25(35)16-23/h3-6,8-9,11-17H,19H2,1-2H3,(H,38,41)(H,39,43). The lowest BCUT2D eigenvalue weighted by molar-refractivity contribution is -0.605. The molecule has 0 atom stereocenters. The molecule has 1 heterocycles. The third-order valence-electron chi connectivity index (χ3n) is 6.09. The number of nitrogens with one attached hydrogen (secondary N) is 2. The summed E-state index contributed by atoms with van der Waals surface area (Å²) < 4.78 is 6.24. The lowest BCUT2D eigenvalue weighted by Gasteiger charge is -2.19. The highest BCUT2D eigenvalue weighted by Crippen LogP contribution is 2.28. The molecule has 226 valence electrons. The maximum absolute atomic E-state index is 13.2. The first-order valence-electron chi connectivity index (χ1n) is 13.2. The minimum atomic E-state index is -0.913. The Morgan fingerprint density at radius 2 is 1.64 bits per heavy atom. The summed E-state index contributed by atoms with van der Waals surface area (Å²) in [5, 5.41) is 26.6. The van der Waals surface area contributed by atoms with E-state index in [-0.39, 0.29) is 43.4 Å². The van der Waals surface area contributed by atoms with Crippen molar-refractivity contribution < 1.29 is 23.9 Å². The Labute approximate surface area is 273 Å². The molecular weight excluding hydrogens is 639 g/mol. The Balaban J connectivity index is 1.40. The van der Waals surface area contributed by atoms with Gasteiger partial charge in [0.25, 0.3) is 11.8 Å². The van der Waals surface area contributed by atoms with Crippen molar-refractivity contribution in [1.82, 2.24) is 5.32 Å². The van der Waals surface area contributed by atoms with E-state index < -0.39 is 23.8 Å². The Bertz CT molecular complexity index is 1910. The van der Waals surface area contributed by atoms with Gasteiger partial charge in [-0.05, 0) is 68.4 Å². The van der Waals surface area contributed by atoms with Crippen LogP contribution < -0.4 is 20.1 Å². The van der Waals surface area contributed by atoms with Crippen molar-refractivity contribution in [1.29, 1.82) is 5.26 Å². The molecule has 4 rings (SSSR count). The summed E-state index contributed by atoms with van der Waals surface area (Å²) in [7, 11) is 0. The number of ketones is 1. The average Bonchev–Trinajstić information content (AvgIpc) is 3.00. The molecule has 0 aliphatic rings. The summed E-state index contributed by atoms with van der Waals surface area (Å²) in [6.45, 7) is 3.00. The van der Waals surface area contributed by atoms with Crippen LogP contribution in [0.15, 0.2) is 79.1 Å². The molecule has 12 heteroatoms. The third kappa shape index (κ3) is 8.98. The van der Waals surface area contributed by atoms with Crippen LogP contribution in [0.25, 0.3) is 0 Å². The predicted octanol–water partition coefficient (Wildman–Crippen LogP) is 5.96. The fraction of sp³-hybridized carbons (Fsp3) is 0.121. The second-order valence-electron chi connectivity index (χ2n) is 10.1. The van der Waals surface area contributed by atoms with E-state index in [1.807, 2.05) is 6.07 Å². The van der Waals surface area contributed by atoms with E-state index in [1.165, 1.54) is 60.9 Å². The van der Waals surface area contributed by atoms with Crippen LogP contribution in [0.5, 0.6) is 5.75 Å². The van der Waals surface area contributed by atoms with E-state index in [2.05, 4.69) is 22.5 Å². The molecule has 3 aromatic carbocycles. The normalized spacial score (nSPS) is 10.6. The zero-order chi connectivity index (χ0) is 32.7. The summed E-state index contributed by atoms with van der Waals surface area (Å²) >= 11 is 18.6. The molecule has 0 radical (unpaired) electrons. The van der Waals surface area contributed by atoms with Gasteiger partial charge >= 0.3 is 0 Å². The van der Waals surface area contributed by atoms with Crippen molar-refractivity contribution in [2.24, 2.45) is 0 Å². The van der Waals surface area contributed by atoms with Gasteiger partial charge in [-0.25, -0.2) is 0 Å². The number of carbonyl (C=O) groups excluding carboxylic acids is 3. The zero-order valence-corrected chi connectivity index (χ0v) is 26.1. The molecule has 9 nitrogen and oxygen atoms in total. The lowest BCUT2D eigenvalue weighted by atomic mass is 10.0. The van der Waals surface area contributed by atoms with Crippen molar-refractivity contribution in [3.05, 3.63) is 127 Å². The number of nitrogens with zero attached hydrogens (tertiary/aromatic N) is 2. The van der Waals surface area contributed by atoms with Crippen LogP contribution >= 0.6 is 34.8 Å². The number of nitriles is 1. The lowest BCUT2D eigenvalue weighted by Crippen LogP contribution is -2.42. The summed E-state index contributed by atoms with van der Waals surface area (Å²) in [6, 6.07) is 18.2. The second kappa shape index (κ2) is 14.1. The number of amides is 2. The topological polar surface area (TPSA) is 135 Å². The molecule has 4 aromatic rings. The van der Waals surface area contributed by atoms with Gasteiger partial charge in [0, 0.05) is 33.3 Å². The van der Waals surface area contributed by atoms with Gasteiger partial charge in [-0.2, -0.15) is 9.99 Å². The van der Waals surface area contributed by atoms with Crippen molar-refractivity contribution in [2.75, 3.05) is 11.9 Å². The Hall–Kier alpha value is -5.06. The van der Waals surface area contributed by atoms with Gasteiger partial charge in [-0.1, -0.05) is 46.6 Å². The molecular formula is C33H23Cl3N4O5. The number of halogens is 3. The Morgan fingerprint density at radius 3 is 2.33 bits per heavy atom. The monoisotopic (exact) mass is 660 g/mol. The zero-order valence-electron chi connectivity index (χ0n) is 23.8. The smallest absolute Gasteiger partial charge is 0.262 e. The first-order valence-corrected chi connectivity index (χ1v) is 14.3. The van der Waals surface area contributed by atoms with Crippen LogP contribution in [0.2, 0.25) is 15.1 Å². The molecule has 0 saturated heterocycles. The van der Waals surface area contributed by atoms with E-state index in [9.17, 15) is 24.9 Å². The van der Waals surface area contributed by atoms with Crippen molar-refractivity contribution >= 4 is 58.1 Å². The van der Waals surface area contributed by atoms with Crippen LogP contribution in [0, 0.1) is 28.4 Å². The molecule has 2 N–H and O–H groups in total. The summed E-state index contributed by atoms with van der Waals surface area (Å²) in [5.41, 5.74) is 0.697. The van der Waals surface area contributed by atoms with Crippen LogP contribution in [0.3, 0.4) is 0 Å². The molecule has 0 spiro atoms. The Morgan fingerprint density at radius 1 is 0.911 bits per heavy atom. The highest BCUT2D eigenvalue weighted by atomic mass is 35.5. The minimum Gasteiger partial charge on any atom is -0.619 e. The number of hydrogen-bond donors (Lipinski definition) is 2. The van der Waals surface area contributed by atoms with Crippen LogP contribution in [0.1, 0.15) is 51.3 Å². The summed E-state index contributed by atoms with van der Waals surface area (Å²) in [5.74, 6) is 4.60. The quantitative estimate of drug-likeness (QED) is 0.104. The highest BCUT2D eigenvalue weighted by Gasteiger charge is 2.20. The number of hydrogen-bond acceptors (Lipinski definition) is 6. The van der Waals surface area contributed by atoms with Crippen molar-refractivity contribution in [3.8, 4) is 23.7 Å². The fourth-order valence-corrected chi connectivity index (χ4v) is 4.58. The maximum Gasteiger partial charge on any atom is 0.262 e. The molecule has 2 amide bonds. The average molecular weight is 662 g/mol. The number of carbonyl (C=O) groups is 3. The van der Waals surface area contributed by atoms with E-state index >= 15 is 0 Å². The van der Waals surface area contributed by atoms with Crippen LogP contribution in [-0.2, 0) is 4.79 Å². The highest BCUT2D eigenvalue weighted by molar-refractivity contribution is 6.34. The molecule has 0 saturated carbocycles. The van der Waals surface area contributed by atoms with Crippen molar-refractivity contribution in [3.63, 3.8) is 0 Å². The number of ether oxygens (including phenoxy) is 1. The SMILES string of the molecule is CC(C)(C#Cc1ccc(NC(=O)COc2ccc(Cl)cc2C(=O)c2cc(Cl)cc(C#N)c2)c(Cl)c1)NC(=O)c1cc[n+]([O-])cc1. The van der Waals surface area contributed by atoms with Gasteiger partial charge in [0.15, 0.2) is 24.8 Å². The largest absolute Gasteiger partial charge is 0.619 e. The molecule has 45 heavy (non-hydrogen) atoms. The maximum atomic E-state index is 13.2. The molecule has 0 unspecified atom stereocenters. The fourth-order valence-electron chi connectivity index (χ4n) is 3.95. The number of anilines is 1. The van der Waals surface area contributed by atoms with E-state index in [1.54, 1.807) is 32.0 Å². The van der Waals surface area contributed by atoms with Gasteiger partial charge in [0.05, 0.1) is 39.0 Å². The molecule has 0 aliphatic carbocycles. The van der Waals surface area contributed by atoms with E-state index in [0.29, 0.717) is 21.5 Å². The first kappa shape index (κ1) is 32.8. The predicted molar refractivity (Wildman–Crippen MR) is 170 cm³/mol. The van der Waals surface area contributed by atoms with Crippen LogP contribution in [-0.4, -0.2) is 29.7 Å². The molecule has 1 aromatic heterocycles. The third-order valence-corrected chi connectivity index (χ3v) is 6.85. The van der Waals surface area contributed by atoms with Gasteiger partial charge in [-0.3, -0.25) is 14.4 Å². The minimum absolute atomic E-state index is 0.0842. The number of benzene rings is 3. The molecule has 0 fully saturated rings.